The first kappa shape index (κ1) is 15.1. The number of rotatable bonds is 4. The van der Waals surface area contributed by atoms with E-state index in [1.165, 1.54) is 0 Å². The van der Waals surface area contributed by atoms with Crippen molar-refractivity contribution < 1.29 is 14.3 Å². The number of likely N-dealkylation sites (tertiary alicyclic amines) is 1. The van der Waals surface area contributed by atoms with E-state index in [4.69, 9.17) is 9.47 Å². The molecule has 1 aromatic rings. The third-order valence-corrected chi connectivity index (χ3v) is 5.19. The monoisotopic (exact) mass is 316 g/mol. The molecule has 124 valence electrons. The van der Waals surface area contributed by atoms with E-state index in [-0.39, 0.29) is 11.7 Å². The maximum Gasteiger partial charge on any atom is 0.225 e. The summed E-state index contributed by atoms with van der Waals surface area (Å²) in [7, 11) is 0. The van der Waals surface area contributed by atoms with Gasteiger partial charge < -0.3 is 14.4 Å². The molecule has 0 aromatic carbocycles. The van der Waals surface area contributed by atoms with Crippen LogP contribution in [0.5, 0.6) is 0 Å². The fraction of sp³-hybridized carbons (Fsp3) is 0.667. The molecule has 2 saturated heterocycles. The van der Waals surface area contributed by atoms with Gasteiger partial charge in [0.1, 0.15) is 0 Å². The standard InChI is InChI=1S/C18H24N2O3/c21-17(15-2-3-15)20-9-1-6-18(13-20)10-16(12-23-18)22-11-14-4-7-19-8-5-14/h4-5,7-8,15-16H,1-3,6,9-13H2/t16-,18-/m0/s1. The predicted octanol–water partition coefficient (Wildman–Crippen LogP) is 2.16. The Kier molecular flexibility index (Phi) is 4.07. The molecule has 0 bridgehead atoms. The Bertz CT molecular complexity index is 561. The molecule has 23 heavy (non-hydrogen) atoms. The van der Waals surface area contributed by atoms with Gasteiger partial charge in [-0.25, -0.2) is 0 Å². The first-order valence-corrected chi connectivity index (χ1v) is 8.67. The number of amides is 1. The quantitative estimate of drug-likeness (QED) is 0.854. The van der Waals surface area contributed by atoms with E-state index in [2.05, 4.69) is 4.98 Å². The van der Waals surface area contributed by atoms with Crippen LogP contribution >= 0.6 is 0 Å². The summed E-state index contributed by atoms with van der Waals surface area (Å²) >= 11 is 0. The van der Waals surface area contributed by atoms with Gasteiger partial charge in [-0.1, -0.05) is 0 Å². The number of ether oxygens (including phenoxy) is 2. The Morgan fingerprint density at radius 3 is 3.00 bits per heavy atom. The lowest BCUT2D eigenvalue weighted by Crippen LogP contribution is -2.50. The number of piperidine rings is 1. The van der Waals surface area contributed by atoms with Crippen molar-refractivity contribution in [3.05, 3.63) is 30.1 Å². The van der Waals surface area contributed by atoms with Crippen molar-refractivity contribution in [3.63, 3.8) is 0 Å². The second kappa shape index (κ2) is 6.21. The van der Waals surface area contributed by atoms with E-state index in [1.807, 2.05) is 17.0 Å². The van der Waals surface area contributed by atoms with Crippen LogP contribution in [0.15, 0.2) is 24.5 Å². The number of carbonyl (C=O) groups is 1. The summed E-state index contributed by atoms with van der Waals surface area (Å²) in [4.78, 5) is 18.4. The average molecular weight is 316 g/mol. The topological polar surface area (TPSA) is 51.7 Å². The number of nitrogens with zero attached hydrogens (tertiary/aromatic N) is 2. The molecule has 2 atom stereocenters. The van der Waals surface area contributed by atoms with Crippen LogP contribution in [0, 0.1) is 5.92 Å². The van der Waals surface area contributed by atoms with E-state index in [1.54, 1.807) is 12.4 Å². The molecule has 2 aliphatic heterocycles. The minimum absolute atomic E-state index is 0.124. The Balaban J connectivity index is 1.32. The minimum Gasteiger partial charge on any atom is -0.371 e. The zero-order valence-corrected chi connectivity index (χ0v) is 13.4. The SMILES string of the molecule is O=C(C1CC1)N1CCC[C@]2(C[C@H](OCc3ccncc3)CO2)C1. The molecule has 3 heterocycles. The van der Waals surface area contributed by atoms with E-state index in [0.717, 1.165) is 50.8 Å². The Labute approximate surface area is 137 Å². The number of hydrogen-bond donors (Lipinski definition) is 0. The largest absolute Gasteiger partial charge is 0.371 e. The summed E-state index contributed by atoms with van der Waals surface area (Å²) in [6.45, 7) is 2.87. The van der Waals surface area contributed by atoms with Crippen molar-refractivity contribution in [2.75, 3.05) is 19.7 Å². The fourth-order valence-corrected chi connectivity index (χ4v) is 3.76. The number of pyridine rings is 1. The van der Waals surface area contributed by atoms with Crippen molar-refractivity contribution in [2.24, 2.45) is 5.92 Å². The number of carbonyl (C=O) groups excluding carboxylic acids is 1. The minimum atomic E-state index is -0.175. The average Bonchev–Trinajstić information content (AvgIpc) is 3.37. The molecule has 3 aliphatic rings. The third kappa shape index (κ3) is 3.40. The van der Waals surface area contributed by atoms with Crippen LogP contribution in [0.2, 0.25) is 0 Å². The Hall–Kier alpha value is -1.46. The molecule has 3 fully saturated rings. The van der Waals surface area contributed by atoms with Crippen LogP contribution < -0.4 is 0 Å². The van der Waals surface area contributed by atoms with Gasteiger partial charge in [0.15, 0.2) is 0 Å². The van der Waals surface area contributed by atoms with Gasteiger partial charge >= 0.3 is 0 Å². The molecular weight excluding hydrogens is 292 g/mol. The van der Waals surface area contributed by atoms with E-state index in [9.17, 15) is 4.79 Å². The Morgan fingerprint density at radius 2 is 2.22 bits per heavy atom. The highest BCUT2D eigenvalue weighted by Gasteiger charge is 2.46. The predicted molar refractivity (Wildman–Crippen MR) is 84.7 cm³/mol. The lowest BCUT2D eigenvalue weighted by molar-refractivity contribution is -0.140. The van der Waals surface area contributed by atoms with Gasteiger partial charge in [-0.2, -0.15) is 0 Å². The van der Waals surface area contributed by atoms with Gasteiger partial charge in [0.25, 0.3) is 0 Å². The molecule has 5 heteroatoms. The molecule has 1 aliphatic carbocycles. The molecule has 4 rings (SSSR count). The van der Waals surface area contributed by atoms with E-state index < -0.39 is 0 Å². The molecule has 1 aromatic heterocycles. The number of hydrogen-bond acceptors (Lipinski definition) is 4. The lowest BCUT2D eigenvalue weighted by Gasteiger charge is -2.39. The van der Waals surface area contributed by atoms with Crippen molar-refractivity contribution in [1.29, 1.82) is 0 Å². The molecule has 0 radical (unpaired) electrons. The molecule has 1 amide bonds. The first-order chi connectivity index (χ1) is 11.2. The first-order valence-electron chi connectivity index (χ1n) is 8.67. The maximum atomic E-state index is 12.3. The summed E-state index contributed by atoms with van der Waals surface area (Å²) in [5.41, 5.74) is 0.959. The van der Waals surface area contributed by atoms with Crippen LogP contribution in [-0.4, -0.2) is 47.2 Å². The van der Waals surface area contributed by atoms with Crippen molar-refractivity contribution in [2.45, 2.75) is 50.4 Å². The summed E-state index contributed by atoms with van der Waals surface area (Å²) in [6.07, 6.45) is 8.81. The van der Waals surface area contributed by atoms with Crippen LogP contribution in [0.4, 0.5) is 0 Å². The van der Waals surface area contributed by atoms with Gasteiger partial charge in [0.05, 0.1) is 24.9 Å². The second-order valence-corrected chi connectivity index (χ2v) is 7.12. The lowest BCUT2D eigenvalue weighted by atomic mass is 9.89. The van der Waals surface area contributed by atoms with Gasteiger partial charge in [-0.05, 0) is 43.4 Å². The normalized spacial score (nSPS) is 30.8. The van der Waals surface area contributed by atoms with Crippen molar-refractivity contribution in [3.8, 4) is 0 Å². The second-order valence-electron chi connectivity index (χ2n) is 7.12. The maximum absolute atomic E-state index is 12.3. The number of aromatic nitrogens is 1. The fourth-order valence-electron chi connectivity index (χ4n) is 3.76. The third-order valence-electron chi connectivity index (χ3n) is 5.19. The molecule has 5 nitrogen and oxygen atoms in total. The summed E-state index contributed by atoms with van der Waals surface area (Å²) in [5, 5.41) is 0. The van der Waals surface area contributed by atoms with Gasteiger partial charge in [-0.15, -0.1) is 0 Å². The van der Waals surface area contributed by atoms with Gasteiger partial charge in [0, 0.05) is 37.8 Å². The van der Waals surface area contributed by atoms with Crippen LogP contribution in [0.1, 0.15) is 37.7 Å². The zero-order valence-electron chi connectivity index (χ0n) is 13.4. The molecule has 0 unspecified atom stereocenters. The van der Waals surface area contributed by atoms with Crippen LogP contribution in [0.25, 0.3) is 0 Å². The summed E-state index contributed by atoms with van der Waals surface area (Å²) in [6, 6.07) is 3.95. The van der Waals surface area contributed by atoms with Crippen LogP contribution in [0.3, 0.4) is 0 Å². The summed E-state index contributed by atoms with van der Waals surface area (Å²) in [5.74, 6) is 0.638. The highest BCUT2D eigenvalue weighted by molar-refractivity contribution is 5.81. The van der Waals surface area contributed by atoms with Gasteiger partial charge in [0.2, 0.25) is 5.91 Å². The Morgan fingerprint density at radius 1 is 1.39 bits per heavy atom. The van der Waals surface area contributed by atoms with E-state index >= 15 is 0 Å². The zero-order chi connectivity index (χ0) is 15.7. The highest BCUT2D eigenvalue weighted by atomic mass is 16.6. The molecule has 1 spiro atoms. The molecule has 0 N–H and O–H groups in total. The highest BCUT2D eigenvalue weighted by Crippen LogP contribution is 2.38. The van der Waals surface area contributed by atoms with E-state index in [0.29, 0.717) is 25.0 Å². The summed E-state index contributed by atoms with van der Waals surface area (Å²) < 4.78 is 12.1. The molecule has 1 saturated carbocycles. The molecular formula is C18H24N2O3. The van der Waals surface area contributed by atoms with Gasteiger partial charge in [-0.3, -0.25) is 9.78 Å². The van der Waals surface area contributed by atoms with Crippen LogP contribution in [-0.2, 0) is 20.9 Å². The van der Waals surface area contributed by atoms with Crippen molar-refractivity contribution >= 4 is 5.91 Å². The van der Waals surface area contributed by atoms with Crippen molar-refractivity contribution in [1.82, 2.24) is 9.88 Å². The smallest absolute Gasteiger partial charge is 0.225 e.